The highest BCUT2D eigenvalue weighted by atomic mass is 19.1. The Kier molecular flexibility index (Phi) is 3.98. The highest BCUT2D eigenvalue weighted by Gasteiger charge is 2.23. The van der Waals surface area contributed by atoms with Gasteiger partial charge < -0.3 is 9.47 Å². The van der Waals surface area contributed by atoms with E-state index in [1.165, 1.54) is 6.07 Å². The number of fused-ring (bicyclic) bond motifs is 1. The highest BCUT2D eigenvalue weighted by molar-refractivity contribution is 6.01. The van der Waals surface area contributed by atoms with E-state index in [1.54, 1.807) is 19.2 Å². The zero-order valence-corrected chi connectivity index (χ0v) is 13.8. The predicted octanol–water partition coefficient (Wildman–Crippen LogP) is 5.19. The lowest BCUT2D eigenvalue weighted by Crippen LogP contribution is -1.97. The zero-order chi connectivity index (χ0) is 17.2. The maximum atomic E-state index is 13.8. The molecule has 0 saturated heterocycles. The van der Waals surface area contributed by atoms with Crippen LogP contribution in [0.1, 0.15) is 16.7 Å². The molecule has 0 aliphatic carbocycles. The molecule has 3 aromatic rings. The Morgan fingerprint density at radius 1 is 0.920 bits per heavy atom. The van der Waals surface area contributed by atoms with Crippen LogP contribution in [0, 0.1) is 5.82 Å². The van der Waals surface area contributed by atoms with Gasteiger partial charge in [0.1, 0.15) is 23.9 Å². The number of ether oxygens (including phenoxy) is 2. The van der Waals surface area contributed by atoms with E-state index in [0.29, 0.717) is 6.61 Å². The topological polar surface area (TPSA) is 18.5 Å². The van der Waals surface area contributed by atoms with E-state index in [-0.39, 0.29) is 5.82 Å². The maximum Gasteiger partial charge on any atom is 0.127 e. The fourth-order valence-corrected chi connectivity index (χ4v) is 3.18. The second-order valence-corrected chi connectivity index (χ2v) is 5.88. The Labute approximate surface area is 146 Å². The minimum Gasteiger partial charge on any atom is -0.497 e. The van der Waals surface area contributed by atoms with Crippen molar-refractivity contribution in [1.82, 2.24) is 0 Å². The lowest BCUT2D eigenvalue weighted by molar-refractivity contribution is 0.388. The zero-order valence-electron chi connectivity index (χ0n) is 13.8. The van der Waals surface area contributed by atoms with Gasteiger partial charge in [-0.3, -0.25) is 0 Å². The van der Waals surface area contributed by atoms with Crippen molar-refractivity contribution in [3.63, 3.8) is 0 Å². The molecular formula is C22H17FO2. The van der Waals surface area contributed by atoms with Crippen LogP contribution in [-0.4, -0.2) is 13.7 Å². The summed E-state index contributed by atoms with van der Waals surface area (Å²) in [7, 11) is 1.65. The van der Waals surface area contributed by atoms with Crippen LogP contribution in [0.25, 0.3) is 11.1 Å². The SMILES string of the molecule is COc1ccc(/C(=C2/COc3ccc(F)cc32)c2ccccc2)cc1. The first-order valence-corrected chi connectivity index (χ1v) is 8.12. The van der Waals surface area contributed by atoms with Gasteiger partial charge in [-0.2, -0.15) is 0 Å². The Hall–Kier alpha value is -3.07. The molecule has 25 heavy (non-hydrogen) atoms. The lowest BCUT2D eigenvalue weighted by Gasteiger charge is -2.13. The average molecular weight is 332 g/mol. The second kappa shape index (κ2) is 6.44. The van der Waals surface area contributed by atoms with Gasteiger partial charge in [0.2, 0.25) is 0 Å². The first kappa shape index (κ1) is 15.5. The van der Waals surface area contributed by atoms with E-state index in [0.717, 1.165) is 39.3 Å². The summed E-state index contributed by atoms with van der Waals surface area (Å²) in [6, 6.07) is 22.7. The third-order valence-electron chi connectivity index (χ3n) is 4.38. The summed E-state index contributed by atoms with van der Waals surface area (Å²) in [6.07, 6.45) is 0. The van der Waals surface area contributed by atoms with Crippen molar-refractivity contribution in [3.8, 4) is 11.5 Å². The van der Waals surface area contributed by atoms with Crippen molar-refractivity contribution in [3.05, 3.63) is 95.3 Å². The van der Waals surface area contributed by atoms with Crippen molar-refractivity contribution in [1.29, 1.82) is 0 Å². The number of benzene rings is 3. The molecule has 0 atom stereocenters. The van der Waals surface area contributed by atoms with Crippen LogP contribution in [0.5, 0.6) is 11.5 Å². The fraction of sp³-hybridized carbons (Fsp3) is 0.0909. The predicted molar refractivity (Wildman–Crippen MR) is 97.2 cm³/mol. The summed E-state index contributed by atoms with van der Waals surface area (Å²) in [5.41, 5.74) is 4.97. The van der Waals surface area contributed by atoms with Gasteiger partial charge in [0.05, 0.1) is 7.11 Å². The first-order valence-electron chi connectivity index (χ1n) is 8.12. The lowest BCUT2D eigenvalue weighted by atomic mass is 9.90. The van der Waals surface area contributed by atoms with Crippen LogP contribution in [0.2, 0.25) is 0 Å². The van der Waals surface area contributed by atoms with Crippen LogP contribution in [0.3, 0.4) is 0 Å². The molecule has 0 fully saturated rings. The molecule has 124 valence electrons. The van der Waals surface area contributed by atoms with Crippen molar-refractivity contribution >= 4 is 11.1 Å². The van der Waals surface area contributed by atoms with Gasteiger partial charge in [0.15, 0.2) is 0 Å². The molecular weight excluding hydrogens is 315 g/mol. The molecule has 3 aromatic carbocycles. The molecule has 0 amide bonds. The van der Waals surface area contributed by atoms with E-state index in [2.05, 4.69) is 12.1 Å². The quantitative estimate of drug-likeness (QED) is 0.657. The molecule has 2 nitrogen and oxygen atoms in total. The Bertz CT molecular complexity index is 928. The molecule has 1 aliphatic rings. The van der Waals surface area contributed by atoms with Gasteiger partial charge in [-0.05, 0) is 47.0 Å². The molecule has 3 heteroatoms. The van der Waals surface area contributed by atoms with Gasteiger partial charge in [0, 0.05) is 11.1 Å². The number of methoxy groups -OCH3 is 1. The molecule has 0 bridgehead atoms. The molecule has 0 N–H and O–H groups in total. The Morgan fingerprint density at radius 2 is 1.64 bits per heavy atom. The summed E-state index contributed by atoms with van der Waals surface area (Å²) in [5.74, 6) is 1.26. The van der Waals surface area contributed by atoms with Crippen molar-refractivity contribution in [2.75, 3.05) is 13.7 Å². The third kappa shape index (κ3) is 2.89. The number of halogens is 1. The van der Waals surface area contributed by atoms with Crippen LogP contribution < -0.4 is 9.47 Å². The molecule has 0 unspecified atom stereocenters. The molecule has 1 heterocycles. The van der Waals surface area contributed by atoms with Crippen LogP contribution in [0.15, 0.2) is 72.8 Å². The van der Waals surface area contributed by atoms with Gasteiger partial charge in [-0.15, -0.1) is 0 Å². The standard InChI is InChI=1S/C22H17FO2/c1-24-18-10-7-16(8-11-18)22(15-5-3-2-4-6-15)20-14-25-21-12-9-17(23)13-19(20)21/h2-13H,14H2,1H3/b22-20-. The summed E-state index contributed by atoms with van der Waals surface area (Å²) < 4.78 is 24.9. The summed E-state index contributed by atoms with van der Waals surface area (Å²) >= 11 is 0. The minimum absolute atomic E-state index is 0.260. The normalized spacial score (nSPS) is 14.6. The van der Waals surface area contributed by atoms with Gasteiger partial charge in [-0.1, -0.05) is 42.5 Å². The highest BCUT2D eigenvalue weighted by Crippen LogP contribution is 2.41. The molecule has 0 spiro atoms. The monoisotopic (exact) mass is 332 g/mol. The molecule has 0 radical (unpaired) electrons. The maximum absolute atomic E-state index is 13.8. The smallest absolute Gasteiger partial charge is 0.127 e. The van der Waals surface area contributed by atoms with E-state index in [1.807, 2.05) is 42.5 Å². The van der Waals surface area contributed by atoms with Crippen LogP contribution >= 0.6 is 0 Å². The molecule has 4 rings (SSSR count). The van der Waals surface area contributed by atoms with E-state index < -0.39 is 0 Å². The summed E-state index contributed by atoms with van der Waals surface area (Å²) in [6.45, 7) is 0.426. The number of hydrogen-bond acceptors (Lipinski definition) is 2. The molecule has 0 saturated carbocycles. The van der Waals surface area contributed by atoms with E-state index in [9.17, 15) is 4.39 Å². The van der Waals surface area contributed by atoms with Gasteiger partial charge in [-0.25, -0.2) is 4.39 Å². The fourth-order valence-electron chi connectivity index (χ4n) is 3.18. The minimum atomic E-state index is -0.260. The van der Waals surface area contributed by atoms with Crippen molar-refractivity contribution in [2.24, 2.45) is 0 Å². The van der Waals surface area contributed by atoms with Gasteiger partial charge >= 0.3 is 0 Å². The Morgan fingerprint density at radius 3 is 2.36 bits per heavy atom. The van der Waals surface area contributed by atoms with Crippen molar-refractivity contribution in [2.45, 2.75) is 0 Å². The average Bonchev–Trinajstić information content (AvgIpc) is 3.06. The molecule has 1 aliphatic heterocycles. The Balaban J connectivity index is 1.95. The molecule has 0 aromatic heterocycles. The number of hydrogen-bond donors (Lipinski definition) is 0. The largest absolute Gasteiger partial charge is 0.497 e. The van der Waals surface area contributed by atoms with Crippen molar-refractivity contribution < 1.29 is 13.9 Å². The first-order chi connectivity index (χ1) is 12.3. The van der Waals surface area contributed by atoms with E-state index in [4.69, 9.17) is 9.47 Å². The summed E-state index contributed by atoms with van der Waals surface area (Å²) in [5, 5.41) is 0. The van der Waals surface area contributed by atoms with E-state index >= 15 is 0 Å². The van der Waals surface area contributed by atoms with Crippen LogP contribution in [-0.2, 0) is 0 Å². The number of rotatable bonds is 3. The second-order valence-electron chi connectivity index (χ2n) is 5.88. The van der Waals surface area contributed by atoms with Crippen LogP contribution in [0.4, 0.5) is 4.39 Å². The summed E-state index contributed by atoms with van der Waals surface area (Å²) in [4.78, 5) is 0. The third-order valence-corrected chi connectivity index (χ3v) is 4.38. The van der Waals surface area contributed by atoms with Gasteiger partial charge in [0.25, 0.3) is 0 Å².